The third-order valence-corrected chi connectivity index (χ3v) is 3.17. The van der Waals surface area contributed by atoms with Crippen LogP contribution in [0, 0.1) is 0 Å². The van der Waals surface area contributed by atoms with E-state index in [1.54, 1.807) is 19.5 Å². The van der Waals surface area contributed by atoms with Crippen molar-refractivity contribution in [2.45, 2.75) is 24.3 Å². The zero-order valence-corrected chi connectivity index (χ0v) is 9.01. The van der Waals surface area contributed by atoms with Gasteiger partial charge < -0.3 is 15.6 Å². The summed E-state index contributed by atoms with van der Waals surface area (Å²) in [5.41, 5.74) is 6.11. The van der Waals surface area contributed by atoms with Gasteiger partial charge in [0.1, 0.15) is 11.8 Å². The van der Waals surface area contributed by atoms with Crippen molar-refractivity contribution in [1.29, 1.82) is 0 Å². The number of carboxylic acid groups (broad SMARTS) is 1. The molecule has 1 fully saturated rings. The average Bonchev–Trinajstić information content (AvgIpc) is 3.09. The van der Waals surface area contributed by atoms with Gasteiger partial charge in [-0.25, -0.2) is 0 Å². The molecule has 1 unspecified atom stereocenters. The Morgan fingerprint density at radius 1 is 1.62 bits per heavy atom. The molecular formula is C11H14N2O3. The number of aliphatic carboxylic acids is 1. The molecule has 0 saturated heterocycles. The predicted molar refractivity (Wildman–Crippen MR) is 57.3 cm³/mol. The molecule has 16 heavy (non-hydrogen) atoms. The van der Waals surface area contributed by atoms with Crippen molar-refractivity contribution < 1.29 is 14.6 Å². The molecule has 3 N–H and O–H groups in total. The lowest BCUT2D eigenvalue weighted by Crippen LogP contribution is -2.42. The first kappa shape index (κ1) is 10.9. The van der Waals surface area contributed by atoms with Crippen LogP contribution in [0.25, 0.3) is 0 Å². The summed E-state index contributed by atoms with van der Waals surface area (Å²) in [6.45, 7) is 0. The maximum atomic E-state index is 10.9. The maximum Gasteiger partial charge on any atom is 0.321 e. The number of nitrogens with zero attached hydrogens (tertiary/aromatic N) is 1. The molecule has 0 aromatic carbocycles. The van der Waals surface area contributed by atoms with Gasteiger partial charge in [0.05, 0.1) is 13.3 Å². The number of aromatic nitrogens is 1. The average molecular weight is 222 g/mol. The van der Waals surface area contributed by atoms with E-state index in [4.69, 9.17) is 15.6 Å². The van der Waals surface area contributed by atoms with Gasteiger partial charge in [0.15, 0.2) is 0 Å². The second kappa shape index (κ2) is 3.75. The second-order valence-electron chi connectivity index (χ2n) is 4.09. The molecule has 1 saturated carbocycles. The van der Waals surface area contributed by atoms with Crippen LogP contribution in [0.15, 0.2) is 18.5 Å². The fraction of sp³-hybridized carbons (Fsp3) is 0.455. The Kier molecular flexibility index (Phi) is 2.55. The standard InChI is InChI=1S/C11H14N2O3/c1-16-8-4-7(5-13-6-8)11(2-3-11)9(12)10(14)15/h4-6,9H,2-3,12H2,1H3,(H,14,15). The molecule has 86 valence electrons. The summed E-state index contributed by atoms with van der Waals surface area (Å²) < 4.78 is 5.07. The van der Waals surface area contributed by atoms with Crippen molar-refractivity contribution >= 4 is 5.97 Å². The van der Waals surface area contributed by atoms with Gasteiger partial charge in [-0.1, -0.05) is 0 Å². The summed E-state index contributed by atoms with van der Waals surface area (Å²) in [7, 11) is 1.55. The third kappa shape index (κ3) is 1.63. The maximum absolute atomic E-state index is 10.9. The molecule has 0 bridgehead atoms. The van der Waals surface area contributed by atoms with Crippen LogP contribution in [0.1, 0.15) is 18.4 Å². The number of ether oxygens (including phenoxy) is 1. The van der Waals surface area contributed by atoms with E-state index in [-0.39, 0.29) is 0 Å². The van der Waals surface area contributed by atoms with Crippen molar-refractivity contribution in [2.75, 3.05) is 7.11 Å². The van der Waals surface area contributed by atoms with Crippen LogP contribution in [0.5, 0.6) is 5.75 Å². The van der Waals surface area contributed by atoms with Crippen LogP contribution in [0.4, 0.5) is 0 Å². The fourth-order valence-electron chi connectivity index (χ4n) is 1.95. The summed E-state index contributed by atoms with van der Waals surface area (Å²) in [4.78, 5) is 15.0. The highest BCUT2D eigenvalue weighted by Gasteiger charge is 2.52. The van der Waals surface area contributed by atoms with Crippen LogP contribution in [-0.2, 0) is 10.2 Å². The number of carbonyl (C=O) groups is 1. The van der Waals surface area contributed by atoms with Crippen LogP contribution in [-0.4, -0.2) is 29.2 Å². The first-order chi connectivity index (χ1) is 7.60. The minimum atomic E-state index is -0.972. The van der Waals surface area contributed by atoms with Crippen LogP contribution >= 0.6 is 0 Å². The highest BCUT2D eigenvalue weighted by Crippen LogP contribution is 2.50. The highest BCUT2D eigenvalue weighted by atomic mass is 16.5. The molecular weight excluding hydrogens is 208 g/mol. The van der Waals surface area contributed by atoms with Crippen LogP contribution in [0.3, 0.4) is 0 Å². The second-order valence-corrected chi connectivity index (χ2v) is 4.09. The number of methoxy groups -OCH3 is 1. The summed E-state index contributed by atoms with van der Waals surface area (Å²) in [6, 6.07) is 0.935. The molecule has 1 aromatic rings. The van der Waals surface area contributed by atoms with Gasteiger partial charge in [-0.15, -0.1) is 0 Å². The van der Waals surface area contributed by atoms with Gasteiger partial charge in [-0.3, -0.25) is 9.78 Å². The molecule has 1 heterocycles. The molecule has 1 aliphatic carbocycles. The predicted octanol–water partition coefficient (Wildman–Crippen LogP) is 0.534. The largest absolute Gasteiger partial charge is 0.495 e. The lowest BCUT2D eigenvalue weighted by Gasteiger charge is -2.20. The molecule has 0 aliphatic heterocycles. The Labute approximate surface area is 93.2 Å². The Hall–Kier alpha value is -1.62. The number of pyridine rings is 1. The van der Waals surface area contributed by atoms with Crippen molar-refractivity contribution in [1.82, 2.24) is 4.98 Å². The summed E-state index contributed by atoms with van der Waals surface area (Å²) in [6.07, 6.45) is 4.83. The molecule has 0 amide bonds. The van der Waals surface area contributed by atoms with Gasteiger partial charge >= 0.3 is 5.97 Å². The summed E-state index contributed by atoms with van der Waals surface area (Å²) in [5.74, 6) is -0.346. The minimum Gasteiger partial charge on any atom is -0.495 e. The van der Waals surface area contributed by atoms with E-state index >= 15 is 0 Å². The number of hydrogen-bond acceptors (Lipinski definition) is 4. The zero-order valence-electron chi connectivity index (χ0n) is 9.01. The van der Waals surface area contributed by atoms with Crippen molar-refractivity contribution in [3.63, 3.8) is 0 Å². The first-order valence-electron chi connectivity index (χ1n) is 5.08. The Bertz CT molecular complexity index is 415. The molecule has 1 aliphatic rings. The molecule has 5 nitrogen and oxygen atoms in total. The zero-order chi connectivity index (χ0) is 11.8. The van der Waals surface area contributed by atoms with Crippen molar-refractivity contribution in [2.24, 2.45) is 5.73 Å². The topological polar surface area (TPSA) is 85.4 Å². The lowest BCUT2D eigenvalue weighted by atomic mass is 9.89. The number of carboxylic acids is 1. The van der Waals surface area contributed by atoms with Crippen molar-refractivity contribution in [3.8, 4) is 5.75 Å². The molecule has 1 atom stereocenters. The van der Waals surface area contributed by atoms with E-state index in [0.717, 1.165) is 18.4 Å². The summed E-state index contributed by atoms with van der Waals surface area (Å²) >= 11 is 0. The van der Waals surface area contributed by atoms with Gasteiger partial charge in [0, 0.05) is 11.6 Å². The van der Waals surface area contributed by atoms with E-state index in [2.05, 4.69) is 4.98 Å². The van der Waals surface area contributed by atoms with Gasteiger partial charge in [-0.2, -0.15) is 0 Å². The van der Waals surface area contributed by atoms with E-state index < -0.39 is 17.4 Å². The molecule has 0 spiro atoms. The minimum absolute atomic E-state index is 0.451. The Morgan fingerprint density at radius 2 is 2.31 bits per heavy atom. The molecule has 1 aromatic heterocycles. The molecule has 2 rings (SSSR count). The molecule has 5 heteroatoms. The number of hydrogen-bond donors (Lipinski definition) is 2. The third-order valence-electron chi connectivity index (χ3n) is 3.17. The quantitative estimate of drug-likeness (QED) is 0.776. The van der Waals surface area contributed by atoms with E-state index in [1.807, 2.05) is 6.07 Å². The number of rotatable bonds is 4. The lowest BCUT2D eigenvalue weighted by molar-refractivity contribution is -0.139. The van der Waals surface area contributed by atoms with Crippen LogP contribution in [0.2, 0.25) is 0 Å². The highest BCUT2D eigenvalue weighted by molar-refractivity contribution is 5.77. The van der Waals surface area contributed by atoms with Gasteiger partial charge in [-0.05, 0) is 24.5 Å². The summed E-state index contributed by atoms with van der Waals surface area (Å²) in [5, 5.41) is 8.97. The monoisotopic (exact) mass is 222 g/mol. The van der Waals surface area contributed by atoms with E-state index in [9.17, 15) is 4.79 Å². The SMILES string of the molecule is COc1cncc(C2(C(N)C(=O)O)CC2)c1. The fourth-order valence-corrected chi connectivity index (χ4v) is 1.95. The van der Waals surface area contributed by atoms with Crippen LogP contribution < -0.4 is 10.5 Å². The molecule has 0 radical (unpaired) electrons. The van der Waals surface area contributed by atoms with E-state index in [0.29, 0.717) is 5.75 Å². The normalized spacial score (nSPS) is 18.9. The first-order valence-corrected chi connectivity index (χ1v) is 5.08. The Balaban J connectivity index is 2.32. The smallest absolute Gasteiger partial charge is 0.321 e. The Morgan fingerprint density at radius 3 is 2.81 bits per heavy atom. The number of nitrogens with two attached hydrogens (primary N) is 1. The van der Waals surface area contributed by atoms with Crippen molar-refractivity contribution in [3.05, 3.63) is 24.0 Å². The van der Waals surface area contributed by atoms with Gasteiger partial charge in [0.2, 0.25) is 0 Å². The van der Waals surface area contributed by atoms with E-state index in [1.165, 1.54) is 0 Å². The van der Waals surface area contributed by atoms with Gasteiger partial charge in [0.25, 0.3) is 0 Å².